The number of hydrogen-bond donors (Lipinski definition) is 1. The zero-order valence-corrected chi connectivity index (χ0v) is 5.26. The fraction of sp³-hybridized carbons (Fsp3) is 0.667. The SMILES string of the molecule is C=CCOC(C)CN. The van der Waals surface area contributed by atoms with E-state index in [0.29, 0.717) is 13.2 Å². The van der Waals surface area contributed by atoms with Gasteiger partial charge in [-0.1, -0.05) is 6.08 Å². The van der Waals surface area contributed by atoms with Gasteiger partial charge >= 0.3 is 0 Å². The molecule has 0 spiro atoms. The van der Waals surface area contributed by atoms with Crippen molar-refractivity contribution in [3.8, 4) is 0 Å². The summed E-state index contributed by atoms with van der Waals surface area (Å²) in [7, 11) is 0. The Kier molecular flexibility index (Phi) is 4.61. The number of hydrogen-bond acceptors (Lipinski definition) is 2. The van der Waals surface area contributed by atoms with E-state index in [4.69, 9.17) is 10.5 Å². The van der Waals surface area contributed by atoms with Gasteiger partial charge in [0.15, 0.2) is 0 Å². The average Bonchev–Trinajstić information content (AvgIpc) is 1.83. The molecule has 1 atom stereocenters. The summed E-state index contributed by atoms with van der Waals surface area (Å²) in [6.45, 7) is 6.61. The molecule has 0 aromatic heterocycles. The highest BCUT2D eigenvalue weighted by molar-refractivity contribution is 4.65. The molecule has 0 aliphatic heterocycles. The Labute approximate surface area is 50.3 Å². The summed E-state index contributed by atoms with van der Waals surface area (Å²) in [4.78, 5) is 0. The summed E-state index contributed by atoms with van der Waals surface area (Å²) in [5.41, 5.74) is 5.25. The number of rotatable bonds is 4. The first-order chi connectivity index (χ1) is 3.81. The van der Waals surface area contributed by atoms with Gasteiger partial charge in [-0.05, 0) is 6.92 Å². The van der Waals surface area contributed by atoms with Gasteiger partial charge in [0.1, 0.15) is 0 Å². The van der Waals surface area contributed by atoms with E-state index in [0.717, 1.165) is 0 Å². The molecule has 2 N–H and O–H groups in total. The van der Waals surface area contributed by atoms with Crippen LogP contribution in [0.3, 0.4) is 0 Å². The molecular formula is C6H13NO. The first kappa shape index (κ1) is 7.66. The van der Waals surface area contributed by atoms with Crippen molar-refractivity contribution in [3.05, 3.63) is 12.7 Å². The molecule has 8 heavy (non-hydrogen) atoms. The predicted molar refractivity (Wildman–Crippen MR) is 34.7 cm³/mol. The Morgan fingerprint density at radius 1 is 1.88 bits per heavy atom. The highest BCUT2D eigenvalue weighted by atomic mass is 16.5. The molecule has 0 bridgehead atoms. The predicted octanol–water partition coefficient (Wildman–Crippen LogP) is 0.536. The third kappa shape index (κ3) is 3.84. The van der Waals surface area contributed by atoms with Crippen molar-refractivity contribution in [2.45, 2.75) is 13.0 Å². The maximum atomic E-state index is 5.25. The van der Waals surface area contributed by atoms with Crippen molar-refractivity contribution in [1.82, 2.24) is 0 Å². The van der Waals surface area contributed by atoms with E-state index in [2.05, 4.69) is 6.58 Å². The standard InChI is InChI=1S/C6H13NO/c1-3-4-8-6(2)5-7/h3,6H,1,4-5,7H2,2H3. The first-order valence-electron chi connectivity index (χ1n) is 2.73. The minimum absolute atomic E-state index is 0.160. The molecule has 0 fully saturated rings. The average molecular weight is 115 g/mol. The lowest BCUT2D eigenvalue weighted by Gasteiger charge is -2.06. The van der Waals surface area contributed by atoms with Crippen LogP contribution in [-0.2, 0) is 4.74 Å². The lowest BCUT2D eigenvalue weighted by atomic mass is 10.4. The van der Waals surface area contributed by atoms with Gasteiger partial charge in [-0.3, -0.25) is 0 Å². The van der Waals surface area contributed by atoms with Crippen LogP contribution in [0.1, 0.15) is 6.92 Å². The number of ether oxygens (including phenoxy) is 1. The summed E-state index contributed by atoms with van der Waals surface area (Å²) < 4.78 is 5.10. The molecule has 2 heteroatoms. The fourth-order valence-electron chi connectivity index (χ4n) is 0.300. The van der Waals surface area contributed by atoms with Crippen LogP contribution in [0.25, 0.3) is 0 Å². The Balaban J connectivity index is 2.97. The zero-order valence-electron chi connectivity index (χ0n) is 5.26. The summed E-state index contributed by atoms with van der Waals surface area (Å²) in [5.74, 6) is 0. The molecule has 48 valence electrons. The third-order valence-corrected chi connectivity index (χ3v) is 0.831. The summed E-state index contributed by atoms with van der Waals surface area (Å²) in [6.07, 6.45) is 1.87. The van der Waals surface area contributed by atoms with Crippen molar-refractivity contribution >= 4 is 0 Å². The Morgan fingerprint density at radius 3 is 2.88 bits per heavy atom. The Bertz CT molecular complexity index is 63.5. The molecule has 0 saturated heterocycles. The minimum atomic E-state index is 0.160. The van der Waals surface area contributed by atoms with Crippen LogP contribution in [0.5, 0.6) is 0 Å². The van der Waals surface area contributed by atoms with E-state index in [1.165, 1.54) is 0 Å². The van der Waals surface area contributed by atoms with Gasteiger partial charge in [-0.2, -0.15) is 0 Å². The van der Waals surface area contributed by atoms with Crippen LogP contribution in [0.15, 0.2) is 12.7 Å². The van der Waals surface area contributed by atoms with Gasteiger partial charge in [-0.25, -0.2) is 0 Å². The van der Waals surface area contributed by atoms with Crippen molar-refractivity contribution in [1.29, 1.82) is 0 Å². The van der Waals surface area contributed by atoms with Crippen molar-refractivity contribution in [2.75, 3.05) is 13.2 Å². The van der Waals surface area contributed by atoms with E-state index in [9.17, 15) is 0 Å². The van der Waals surface area contributed by atoms with Gasteiger partial charge in [0.05, 0.1) is 12.7 Å². The van der Waals surface area contributed by atoms with Crippen LogP contribution in [0, 0.1) is 0 Å². The maximum absolute atomic E-state index is 5.25. The van der Waals surface area contributed by atoms with Crippen molar-refractivity contribution in [3.63, 3.8) is 0 Å². The van der Waals surface area contributed by atoms with E-state index in [1.807, 2.05) is 6.92 Å². The minimum Gasteiger partial charge on any atom is -0.373 e. The van der Waals surface area contributed by atoms with Gasteiger partial charge in [0.2, 0.25) is 0 Å². The smallest absolute Gasteiger partial charge is 0.0673 e. The van der Waals surface area contributed by atoms with E-state index in [-0.39, 0.29) is 6.10 Å². The van der Waals surface area contributed by atoms with Crippen LogP contribution in [0.2, 0.25) is 0 Å². The zero-order chi connectivity index (χ0) is 6.41. The van der Waals surface area contributed by atoms with Crippen LogP contribution in [-0.4, -0.2) is 19.3 Å². The maximum Gasteiger partial charge on any atom is 0.0673 e. The van der Waals surface area contributed by atoms with Crippen molar-refractivity contribution < 1.29 is 4.74 Å². The largest absolute Gasteiger partial charge is 0.373 e. The van der Waals surface area contributed by atoms with E-state index in [1.54, 1.807) is 6.08 Å². The molecule has 1 unspecified atom stereocenters. The molecule has 0 saturated carbocycles. The quantitative estimate of drug-likeness (QED) is 0.542. The molecule has 0 amide bonds. The molecule has 0 aromatic rings. The lowest BCUT2D eigenvalue weighted by molar-refractivity contribution is 0.0949. The van der Waals surface area contributed by atoms with Gasteiger partial charge in [0.25, 0.3) is 0 Å². The van der Waals surface area contributed by atoms with Crippen LogP contribution < -0.4 is 5.73 Å². The second-order valence-corrected chi connectivity index (χ2v) is 1.67. The molecule has 0 aliphatic rings. The fourth-order valence-corrected chi connectivity index (χ4v) is 0.300. The van der Waals surface area contributed by atoms with Gasteiger partial charge < -0.3 is 10.5 Å². The van der Waals surface area contributed by atoms with E-state index >= 15 is 0 Å². The molecule has 2 nitrogen and oxygen atoms in total. The third-order valence-electron chi connectivity index (χ3n) is 0.831. The Hall–Kier alpha value is -0.340. The highest BCUT2D eigenvalue weighted by Crippen LogP contribution is 1.84. The van der Waals surface area contributed by atoms with E-state index < -0.39 is 0 Å². The van der Waals surface area contributed by atoms with Crippen LogP contribution >= 0.6 is 0 Å². The second kappa shape index (κ2) is 4.81. The summed E-state index contributed by atoms with van der Waals surface area (Å²) >= 11 is 0. The van der Waals surface area contributed by atoms with Crippen LogP contribution in [0.4, 0.5) is 0 Å². The molecule has 0 aromatic carbocycles. The Morgan fingerprint density at radius 2 is 2.50 bits per heavy atom. The summed E-state index contributed by atoms with van der Waals surface area (Å²) in [6, 6.07) is 0. The first-order valence-corrected chi connectivity index (χ1v) is 2.73. The monoisotopic (exact) mass is 115 g/mol. The van der Waals surface area contributed by atoms with Crippen molar-refractivity contribution in [2.24, 2.45) is 5.73 Å². The molecule has 0 radical (unpaired) electrons. The highest BCUT2D eigenvalue weighted by Gasteiger charge is 1.93. The lowest BCUT2D eigenvalue weighted by Crippen LogP contribution is -2.19. The molecular weight excluding hydrogens is 102 g/mol. The normalized spacial score (nSPS) is 13.2. The summed E-state index contributed by atoms with van der Waals surface area (Å²) in [5, 5.41) is 0. The second-order valence-electron chi connectivity index (χ2n) is 1.67. The number of nitrogens with two attached hydrogens (primary N) is 1. The molecule has 0 heterocycles. The molecule has 0 rings (SSSR count). The molecule has 0 aliphatic carbocycles. The topological polar surface area (TPSA) is 35.2 Å². The van der Waals surface area contributed by atoms with Gasteiger partial charge in [-0.15, -0.1) is 6.58 Å². The van der Waals surface area contributed by atoms with Gasteiger partial charge in [0, 0.05) is 6.54 Å².